The molecule has 0 saturated carbocycles. The van der Waals surface area contributed by atoms with Gasteiger partial charge in [-0.1, -0.05) is 0 Å². The van der Waals surface area contributed by atoms with Crippen molar-refractivity contribution in [3.8, 4) is 11.5 Å². The number of hydrogen-bond acceptors (Lipinski definition) is 5. The topological polar surface area (TPSA) is 103 Å². The van der Waals surface area contributed by atoms with Crippen LogP contribution < -0.4 is 20.1 Å². The van der Waals surface area contributed by atoms with Crippen molar-refractivity contribution >= 4 is 17.4 Å². The van der Waals surface area contributed by atoms with Crippen molar-refractivity contribution in [3.05, 3.63) is 22.2 Å². The van der Waals surface area contributed by atoms with E-state index < -0.39 is 11.0 Å². The van der Waals surface area contributed by atoms with Crippen molar-refractivity contribution in [3.63, 3.8) is 0 Å². The molecule has 110 valence electrons. The number of rotatable bonds is 6. The lowest BCUT2D eigenvalue weighted by Crippen LogP contribution is -2.25. The molecule has 0 spiro atoms. The summed E-state index contributed by atoms with van der Waals surface area (Å²) >= 11 is 0. The Kier molecular flexibility index (Phi) is 5.57. The number of hydrogen-bond donors (Lipinski definition) is 2. The third-order valence-corrected chi connectivity index (χ3v) is 2.33. The summed E-state index contributed by atoms with van der Waals surface area (Å²) in [6, 6.07) is 2.06. The van der Waals surface area contributed by atoms with Gasteiger partial charge in [0.25, 0.3) is 5.69 Å². The number of carbonyl (C=O) groups is 1. The number of urea groups is 1. The number of carbonyl (C=O) groups excluding carboxylic acids is 1. The van der Waals surface area contributed by atoms with E-state index in [1.54, 1.807) is 13.8 Å². The van der Waals surface area contributed by atoms with Crippen LogP contribution in [-0.2, 0) is 0 Å². The Bertz CT molecular complexity index is 504. The SMILES string of the molecule is CCOc1cc(NC(=O)NC)c([N+](=O)[O-])cc1OCC. The standard InChI is InChI=1S/C12H17N3O5/c1-4-19-10-6-8(14-12(16)13-3)9(15(17)18)7-11(10)20-5-2/h6-7H,4-5H2,1-3H3,(H2,13,14,16). The van der Waals surface area contributed by atoms with E-state index in [0.29, 0.717) is 19.0 Å². The zero-order valence-electron chi connectivity index (χ0n) is 11.6. The van der Waals surface area contributed by atoms with Crippen LogP contribution in [-0.4, -0.2) is 31.2 Å². The second-order valence-electron chi connectivity index (χ2n) is 3.64. The quantitative estimate of drug-likeness (QED) is 0.615. The third-order valence-electron chi connectivity index (χ3n) is 2.33. The number of ether oxygens (including phenoxy) is 2. The van der Waals surface area contributed by atoms with E-state index in [0.717, 1.165) is 0 Å². The van der Waals surface area contributed by atoms with E-state index in [1.165, 1.54) is 19.2 Å². The van der Waals surface area contributed by atoms with Crippen LogP contribution in [0.4, 0.5) is 16.2 Å². The minimum Gasteiger partial charge on any atom is -0.490 e. The molecular weight excluding hydrogens is 266 g/mol. The number of amides is 2. The van der Waals surface area contributed by atoms with Crippen molar-refractivity contribution in [2.75, 3.05) is 25.6 Å². The van der Waals surface area contributed by atoms with Gasteiger partial charge in [0.15, 0.2) is 11.5 Å². The summed E-state index contributed by atoms with van der Waals surface area (Å²) < 4.78 is 10.7. The highest BCUT2D eigenvalue weighted by molar-refractivity contribution is 5.92. The molecule has 0 atom stereocenters. The molecule has 20 heavy (non-hydrogen) atoms. The van der Waals surface area contributed by atoms with Gasteiger partial charge in [-0.15, -0.1) is 0 Å². The molecule has 0 aliphatic rings. The molecule has 2 N–H and O–H groups in total. The molecule has 0 bridgehead atoms. The van der Waals surface area contributed by atoms with E-state index in [9.17, 15) is 14.9 Å². The van der Waals surface area contributed by atoms with Gasteiger partial charge in [0, 0.05) is 13.1 Å². The average Bonchev–Trinajstić information content (AvgIpc) is 2.41. The molecule has 0 heterocycles. The minimum absolute atomic E-state index is 0.0428. The summed E-state index contributed by atoms with van der Waals surface area (Å²) in [5, 5.41) is 15.8. The Morgan fingerprint density at radius 2 is 1.80 bits per heavy atom. The van der Waals surface area contributed by atoms with E-state index in [2.05, 4.69) is 10.6 Å². The second kappa shape index (κ2) is 7.17. The van der Waals surface area contributed by atoms with Crippen molar-refractivity contribution in [2.45, 2.75) is 13.8 Å². The van der Waals surface area contributed by atoms with Gasteiger partial charge in [-0.25, -0.2) is 4.79 Å². The molecule has 0 fully saturated rings. The maximum absolute atomic E-state index is 11.3. The van der Waals surface area contributed by atoms with Crippen molar-refractivity contribution < 1.29 is 19.2 Å². The summed E-state index contributed by atoms with van der Waals surface area (Å²) in [4.78, 5) is 21.8. The number of nitro benzene ring substituents is 1. The number of nitrogens with zero attached hydrogens (tertiary/aromatic N) is 1. The molecule has 1 rings (SSSR count). The highest BCUT2D eigenvalue weighted by atomic mass is 16.6. The van der Waals surface area contributed by atoms with Crippen LogP contribution in [0.1, 0.15) is 13.8 Å². The lowest BCUT2D eigenvalue weighted by atomic mass is 10.2. The van der Waals surface area contributed by atoms with Gasteiger partial charge < -0.3 is 20.1 Å². The largest absolute Gasteiger partial charge is 0.490 e. The van der Waals surface area contributed by atoms with E-state index in [1.807, 2.05) is 0 Å². The number of nitro groups is 1. The fourth-order valence-electron chi connectivity index (χ4n) is 1.52. The fourth-order valence-corrected chi connectivity index (χ4v) is 1.52. The number of benzene rings is 1. The van der Waals surface area contributed by atoms with E-state index in [-0.39, 0.29) is 17.1 Å². The molecule has 0 aromatic heterocycles. The van der Waals surface area contributed by atoms with Crippen molar-refractivity contribution in [2.24, 2.45) is 0 Å². The van der Waals surface area contributed by atoms with E-state index in [4.69, 9.17) is 9.47 Å². The minimum atomic E-state index is -0.594. The summed E-state index contributed by atoms with van der Waals surface area (Å²) in [5.74, 6) is 0.606. The number of nitrogens with one attached hydrogen (secondary N) is 2. The number of anilines is 1. The van der Waals surface area contributed by atoms with Crippen LogP contribution in [0, 0.1) is 10.1 Å². The van der Waals surface area contributed by atoms with Gasteiger partial charge >= 0.3 is 6.03 Å². The lowest BCUT2D eigenvalue weighted by Gasteiger charge is -2.13. The molecule has 1 aromatic carbocycles. The van der Waals surface area contributed by atoms with Gasteiger partial charge in [0.1, 0.15) is 5.69 Å². The lowest BCUT2D eigenvalue weighted by molar-refractivity contribution is -0.384. The zero-order chi connectivity index (χ0) is 15.1. The molecule has 0 unspecified atom stereocenters. The van der Waals surface area contributed by atoms with Crippen molar-refractivity contribution in [1.82, 2.24) is 5.32 Å². The Hall–Kier alpha value is -2.51. The summed E-state index contributed by atoms with van der Waals surface area (Å²) in [6.07, 6.45) is 0. The molecule has 1 aromatic rings. The first-order valence-corrected chi connectivity index (χ1v) is 6.10. The molecule has 0 aliphatic carbocycles. The summed E-state index contributed by atoms with van der Waals surface area (Å²) in [7, 11) is 1.42. The van der Waals surface area contributed by atoms with Gasteiger partial charge in [0.2, 0.25) is 0 Å². The predicted octanol–water partition coefficient (Wildman–Crippen LogP) is 2.14. The maximum Gasteiger partial charge on any atom is 0.319 e. The predicted molar refractivity (Wildman–Crippen MR) is 73.5 cm³/mol. The highest BCUT2D eigenvalue weighted by Crippen LogP contribution is 2.38. The van der Waals surface area contributed by atoms with Crippen LogP contribution in [0.25, 0.3) is 0 Å². The van der Waals surface area contributed by atoms with Gasteiger partial charge in [-0.3, -0.25) is 10.1 Å². The maximum atomic E-state index is 11.3. The molecule has 2 amide bonds. The Labute approximate surface area is 116 Å². The molecule has 0 saturated heterocycles. The first-order chi connectivity index (χ1) is 9.53. The zero-order valence-corrected chi connectivity index (χ0v) is 11.6. The van der Waals surface area contributed by atoms with Crippen LogP contribution in [0.15, 0.2) is 12.1 Å². The van der Waals surface area contributed by atoms with Gasteiger partial charge in [0.05, 0.1) is 24.2 Å². The Morgan fingerprint density at radius 3 is 2.25 bits per heavy atom. The molecular formula is C12H17N3O5. The van der Waals surface area contributed by atoms with Crippen LogP contribution in [0.3, 0.4) is 0 Å². The Morgan fingerprint density at radius 1 is 1.25 bits per heavy atom. The highest BCUT2D eigenvalue weighted by Gasteiger charge is 2.21. The van der Waals surface area contributed by atoms with Gasteiger partial charge in [-0.2, -0.15) is 0 Å². The molecule has 0 radical (unpaired) electrons. The third kappa shape index (κ3) is 3.74. The van der Waals surface area contributed by atoms with Crippen LogP contribution >= 0.6 is 0 Å². The van der Waals surface area contributed by atoms with Crippen LogP contribution in [0.2, 0.25) is 0 Å². The summed E-state index contributed by atoms with van der Waals surface area (Å²) in [5.41, 5.74) is -0.221. The first-order valence-electron chi connectivity index (χ1n) is 6.10. The summed E-state index contributed by atoms with van der Waals surface area (Å²) in [6.45, 7) is 4.26. The second-order valence-corrected chi connectivity index (χ2v) is 3.64. The molecule has 8 nitrogen and oxygen atoms in total. The van der Waals surface area contributed by atoms with Crippen molar-refractivity contribution in [1.29, 1.82) is 0 Å². The average molecular weight is 283 g/mol. The fraction of sp³-hybridized carbons (Fsp3) is 0.417. The van der Waals surface area contributed by atoms with E-state index >= 15 is 0 Å². The molecule has 8 heteroatoms. The van der Waals surface area contributed by atoms with Gasteiger partial charge in [-0.05, 0) is 13.8 Å². The smallest absolute Gasteiger partial charge is 0.319 e. The Balaban J connectivity index is 3.28. The first kappa shape index (κ1) is 15.5. The molecule has 0 aliphatic heterocycles. The normalized spacial score (nSPS) is 9.75. The van der Waals surface area contributed by atoms with Crippen LogP contribution in [0.5, 0.6) is 11.5 Å². The monoisotopic (exact) mass is 283 g/mol.